The number of halogens is 2. The predicted octanol–water partition coefficient (Wildman–Crippen LogP) is 4.69. The van der Waals surface area contributed by atoms with Gasteiger partial charge in [0.2, 0.25) is 5.91 Å². The highest BCUT2D eigenvalue weighted by Crippen LogP contribution is 2.26. The van der Waals surface area contributed by atoms with Gasteiger partial charge in [-0.1, -0.05) is 35.3 Å². The number of anilines is 1. The zero-order valence-corrected chi connectivity index (χ0v) is 15.8. The SMILES string of the molecule is CC(=O)c1ccc(Cn2cc(NC(=O)C=Cc3cccc(Cl)c3Cl)cn2)o1. The molecular weight excluding hydrogens is 389 g/mol. The average Bonchev–Trinajstić information content (AvgIpc) is 3.26. The number of ketones is 1. The van der Waals surface area contributed by atoms with E-state index in [1.807, 2.05) is 0 Å². The number of aromatic nitrogens is 2. The molecule has 6 nitrogen and oxygen atoms in total. The van der Waals surface area contributed by atoms with E-state index in [4.69, 9.17) is 27.6 Å². The minimum absolute atomic E-state index is 0.138. The molecule has 2 heterocycles. The van der Waals surface area contributed by atoms with Crippen LogP contribution in [0, 0.1) is 0 Å². The van der Waals surface area contributed by atoms with Gasteiger partial charge < -0.3 is 9.73 Å². The summed E-state index contributed by atoms with van der Waals surface area (Å²) in [7, 11) is 0. The molecule has 1 amide bonds. The van der Waals surface area contributed by atoms with Gasteiger partial charge in [0.25, 0.3) is 0 Å². The summed E-state index contributed by atoms with van der Waals surface area (Å²) < 4.78 is 7.01. The van der Waals surface area contributed by atoms with E-state index in [1.54, 1.807) is 47.3 Å². The van der Waals surface area contributed by atoms with Crippen LogP contribution in [0.4, 0.5) is 5.69 Å². The third-order valence-electron chi connectivity index (χ3n) is 3.62. The zero-order chi connectivity index (χ0) is 19.4. The predicted molar refractivity (Wildman–Crippen MR) is 104 cm³/mol. The Labute approximate surface area is 165 Å². The van der Waals surface area contributed by atoms with Crippen LogP contribution >= 0.6 is 23.2 Å². The summed E-state index contributed by atoms with van der Waals surface area (Å²) in [6.07, 6.45) is 6.13. The Balaban J connectivity index is 1.61. The van der Waals surface area contributed by atoms with E-state index >= 15 is 0 Å². The van der Waals surface area contributed by atoms with Gasteiger partial charge in [-0.2, -0.15) is 5.10 Å². The zero-order valence-electron chi connectivity index (χ0n) is 14.3. The van der Waals surface area contributed by atoms with E-state index in [-0.39, 0.29) is 11.7 Å². The molecule has 0 radical (unpaired) electrons. The van der Waals surface area contributed by atoms with Crippen LogP contribution in [0.25, 0.3) is 6.08 Å². The van der Waals surface area contributed by atoms with E-state index in [0.717, 1.165) is 0 Å². The van der Waals surface area contributed by atoms with Gasteiger partial charge in [0.15, 0.2) is 11.5 Å². The quantitative estimate of drug-likeness (QED) is 0.478. The molecule has 0 bridgehead atoms. The number of nitrogens with zero attached hydrogens (tertiary/aromatic N) is 2. The number of furan rings is 1. The van der Waals surface area contributed by atoms with Gasteiger partial charge in [0.1, 0.15) is 5.76 Å². The standard InChI is InChI=1S/C19H15Cl2N3O3/c1-12(25)17-7-6-15(27-17)11-24-10-14(9-22-24)23-18(26)8-5-13-3-2-4-16(20)19(13)21/h2-10H,11H2,1H3,(H,23,26). The highest BCUT2D eigenvalue weighted by molar-refractivity contribution is 6.42. The molecule has 0 aliphatic carbocycles. The molecule has 2 aromatic heterocycles. The number of hydrogen-bond donors (Lipinski definition) is 1. The van der Waals surface area contributed by atoms with Gasteiger partial charge >= 0.3 is 0 Å². The maximum atomic E-state index is 12.1. The number of carbonyl (C=O) groups excluding carboxylic acids is 2. The van der Waals surface area contributed by atoms with E-state index in [9.17, 15) is 9.59 Å². The first-order valence-corrected chi connectivity index (χ1v) is 8.73. The molecular formula is C19H15Cl2N3O3. The summed E-state index contributed by atoms with van der Waals surface area (Å²) in [4.78, 5) is 23.3. The number of amides is 1. The van der Waals surface area contributed by atoms with Crippen LogP contribution < -0.4 is 5.32 Å². The number of carbonyl (C=O) groups is 2. The Kier molecular flexibility index (Phi) is 5.78. The molecule has 0 aliphatic heterocycles. The van der Waals surface area contributed by atoms with Gasteiger partial charge in [0, 0.05) is 19.2 Å². The Morgan fingerprint density at radius 2 is 2.07 bits per heavy atom. The second kappa shape index (κ2) is 8.24. The largest absolute Gasteiger partial charge is 0.456 e. The number of Topliss-reactive ketones (excluding diaryl/α,β-unsaturated/α-hetero) is 1. The van der Waals surface area contributed by atoms with Crippen molar-refractivity contribution < 1.29 is 14.0 Å². The Hall–Kier alpha value is -2.83. The van der Waals surface area contributed by atoms with E-state index < -0.39 is 0 Å². The van der Waals surface area contributed by atoms with Crippen molar-refractivity contribution in [3.8, 4) is 0 Å². The second-order valence-electron chi connectivity index (χ2n) is 5.71. The number of nitrogens with one attached hydrogen (secondary N) is 1. The molecule has 27 heavy (non-hydrogen) atoms. The summed E-state index contributed by atoms with van der Waals surface area (Å²) in [5.41, 5.74) is 1.18. The molecule has 0 fully saturated rings. The van der Waals surface area contributed by atoms with Crippen molar-refractivity contribution in [2.75, 3.05) is 5.32 Å². The highest BCUT2D eigenvalue weighted by atomic mass is 35.5. The smallest absolute Gasteiger partial charge is 0.248 e. The lowest BCUT2D eigenvalue weighted by Crippen LogP contribution is -2.07. The monoisotopic (exact) mass is 403 g/mol. The third kappa shape index (κ3) is 4.87. The van der Waals surface area contributed by atoms with Crippen molar-refractivity contribution in [1.82, 2.24) is 9.78 Å². The first kappa shape index (κ1) is 18.9. The van der Waals surface area contributed by atoms with Gasteiger partial charge in [0.05, 0.1) is 28.5 Å². The van der Waals surface area contributed by atoms with Crippen LogP contribution in [0.3, 0.4) is 0 Å². The number of benzene rings is 1. The molecule has 0 saturated heterocycles. The molecule has 138 valence electrons. The van der Waals surface area contributed by atoms with Crippen molar-refractivity contribution in [2.45, 2.75) is 13.5 Å². The van der Waals surface area contributed by atoms with Gasteiger partial charge in [-0.3, -0.25) is 14.3 Å². The summed E-state index contributed by atoms with van der Waals surface area (Å²) in [5, 5.41) is 7.67. The van der Waals surface area contributed by atoms with Crippen molar-refractivity contribution in [1.29, 1.82) is 0 Å². The summed E-state index contributed by atoms with van der Waals surface area (Å²) >= 11 is 12.0. The summed E-state index contributed by atoms with van der Waals surface area (Å²) in [6, 6.07) is 8.52. The Morgan fingerprint density at radius 3 is 2.81 bits per heavy atom. The third-order valence-corrected chi connectivity index (χ3v) is 4.46. The molecule has 1 aromatic carbocycles. The molecule has 0 unspecified atom stereocenters. The van der Waals surface area contributed by atoms with E-state index in [2.05, 4.69) is 10.4 Å². The fourth-order valence-electron chi connectivity index (χ4n) is 2.32. The second-order valence-corrected chi connectivity index (χ2v) is 6.50. The fourth-order valence-corrected chi connectivity index (χ4v) is 2.70. The van der Waals surface area contributed by atoms with Crippen molar-refractivity contribution in [2.24, 2.45) is 0 Å². The van der Waals surface area contributed by atoms with Crippen LogP contribution in [-0.4, -0.2) is 21.5 Å². The topological polar surface area (TPSA) is 77.1 Å². The van der Waals surface area contributed by atoms with Crippen LogP contribution in [0.15, 0.2) is 53.2 Å². The van der Waals surface area contributed by atoms with Crippen LogP contribution in [0.5, 0.6) is 0 Å². The minimum Gasteiger partial charge on any atom is -0.456 e. The molecule has 8 heteroatoms. The average molecular weight is 404 g/mol. The molecule has 3 rings (SSSR count). The molecule has 0 aliphatic rings. The van der Waals surface area contributed by atoms with E-state index in [1.165, 1.54) is 19.2 Å². The molecule has 0 saturated carbocycles. The van der Waals surface area contributed by atoms with Gasteiger partial charge in [-0.15, -0.1) is 0 Å². The maximum Gasteiger partial charge on any atom is 0.248 e. The van der Waals surface area contributed by atoms with Crippen LogP contribution in [0.2, 0.25) is 10.0 Å². The lowest BCUT2D eigenvalue weighted by atomic mass is 10.2. The number of hydrogen-bond acceptors (Lipinski definition) is 4. The Morgan fingerprint density at radius 1 is 1.26 bits per heavy atom. The lowest BCUT2D eigenvalue weighted by Gasteiger charge is -2.00. The lowest BCUT2D eigenvalue weighted by molar-refractivity contribution is -0.111. The maximum absolute atomic E-state index is 12.1. The van der Waals surface area contributed by atoms with Crippen LogP contribution in [0.1, 0.15) is 28.8 Å². The number of rotatable bonds is 6. The van der Waals surface area contributed by atoms with Crippen molar-refractivity contribution in [3.63, 3.8) is 0 Å². The van der Waals surface area contributed by atoms with Crippen molar-refractivity contribution >= 4 is 46.7 Å². The summed E-state index contributed by atoms with van der Waals surface area (Å²) in [5.74, 6) is 0.427. The van der Waals surface area contributed by atoms with Crippen molar-refractivity contribution in [3.05, 3.63) is 75.9 Å². The molecule has 3 aromatic rings. The first-order chi connectivity index (χ1) is 12.9. The highest BCUT2D eigenvalue weighted by Gasteiger charge is 2.08. The normalized spacial score (nSPS) is 11.1. The van der Waals surface area contributed by atoms with Gasteiger partial charge in [-0.05, 0) is 29.8 Å². The molecule has 1 N–H and O–H groups in total. The fraction of sp³-hybridized carbons (Fsp3) is 0.105. The van der Waals surface area contributed by atoms with Crippen LogP contribution in [-0.2, 0) is 11.3 Å². The Bertz CT molecular complexity index is 1020. The molecule has 0 spiro atoms. The van der Waals surface area contributed by atoms with Gasteiger partial charge in [-0.25, -0.2) is 0 Å². The minimum atomic E-state index is -0.331. The van der Waals surface area contributed by atoms with E-state index in [0.29, 0.717) is 39.4 Å². The summed E-state index contributed by atoms with van der Waals surface area (Å²) in [6.45, 7) is 1.78. The first-order valence-electron chi connectivity index (χ1n) is 7.97. The molecule has 0 atom stereocenters.